The van der Waals surface area contributed by atoms with Gasteiger partial charge in [0.25, 0.3) is 0 Å². The summed E-state index contributed by atoms with van der Waals surface area (Å²) in [6.45, 7) is 10.2. The van der Waals surface area contributed by atoms with Gasteiger partial charge in [0.15, 0.2) is 0 Å². The van der Waals surface area contributed by atoms with E-state index < -0.39 is 11.7 Å². The zero-order chi connectivity index (χ0) is 14.9. The Balaban J connectivity index is 2.19. The summed E-state index contributed by atoms with van der Waals surface area (Å²) in [6, 6.07) is 6.05. The second-order valence-electron chi connectivity index (χ2n) is 6.34. The molecule has 0 spiro atoms. The summed E-state index contributed by atoms with van der Waals surface area (Å²) in [5, 5.41) is 2.92. The maximum Gasteiger partial charge on any atom is 0.408 e. The van der Waals surface area contributed by atoms with Gasteiger partial charge in [-0.3, -0.25) is 0 Å². The fourth-order valence-corrected chi connectivity index (χ4v) is 2.34. The van der Waals surface area contributed by atoms with Crippen molar-refractivity contribution in [3.63, 3.8) is 0 Å². The van der Waals surface area contributed by atoms with Gasteiger partial charge in [0.1, 0.15) is 5.60 Å². The molecule has 0 radical (unpaired) electrons. The molecule has 1 aliphatic heterocycles. The number of amides is 1. The number of fused-ring (bicyclic) bond motifs is 1. The molecule has 1 aromatic rings. The van der Waals surface area contributed by atoms with Crippen molar-refractivity contribution in [1.82, 2.24) is 5.32 Å². The van der Waals surface area contributed by atoms with Gasteiger partial charge < -0.3 is 14.8 Å². The van der Waals surface area contributed by atoms with Crippen molar-refractivity contribution in [3.05, 3.63) is 34.9 Å². The molecule has 4 heteroatoms. The number of carbonyl (C=O) groups excluding carboxylic acids is 1. The van der Waals surface area contributed by atoms with E-state index in [-0.39, 0.29) is 12.1 Å². The van der Waals surface area contributed by atoms with Gasteiger partial charge in [-0.05, 0) is 45.7 Å². The van der Waals surface area contributed by atoms with E-state index in [9.17, 15) is 4.79 Å². The summed E-state index contributed by atoms with van der Waals surface area (Å²) in [6.07, 6.45) is -0.482. The molecule has 20 heavy (non-hydrogen) atoms. The average Bonchev–Trinajstić information content (AvgIpc) is 2.31. The van der Waals surface area contributed by atoms with Gasteiger partial charge in [-0.1, -0.05) is 23.8 Å². The van der Waals surface area contributed by atoms with Gasteiger partial charge in [-0.25, -0.2) is 4.79 Å². The molecule has 2 atom stereocenters. The van der Waals surface area contributed by atoms with Crippen LogP contribution in [0, 0.1) is 6.92 Å². The lowest BCUT2D eigenvalue weighted by molar-refractivity contribution is 0.00252. The molecule has 0 fully saturated rings. The highest BCUT2D eigenvalue weighted by atomic mass is 16.6. The molecule has 1 heterocycles. The van der Waals surface area contributed by atoms with Gasteiger partial charge >= 0.3 is 6.09 Å². The Morgan fingerprint density at radius 2 is 2.10 bits per heavy atom. The molecule has 0 unspecified atom stereocenters. The number of carbonyl (C=O) groups is 1. The first-order chi connectivity index (χ1) is 9.26. The van der Waals surface area contributed by atoms with Gasteiger partial charge in [0.2, 0.25) is 0 Å². The number of alkyl carbamates (subject to hydrolysis) is 1. The molecule has 0 bridgehead atoms. The van der Waals surface area contributed by atoms with E-state index in [4.69, 9.17) is 9.47 Å². The van der Waals surface area contributed by atoms with Crippen LogP contribution in [0.1, 0.15) is 50.4 Å². The second-order valence-corrected chi connectivity index (χ2v) is 6.34. The van der Waals surface area contributed by atoms with Gasteiger partial charge in [0, 0.05) is 0 Å². The van der Waals surface area contributed by atoms with Gasteiger partial charge in [-0.2, -0.15) is 0 Å². The van der Waals surface area contributed by atoms with Crippen LogP contribution in [0.2, 0.25) is 0 Å². The minimum absolute atomic E-state index is 0.0724. The first-order valence-corrected chi connectivity index (χ1v) is 6.97. The molecule has 1 amide bonds. The van der Waals surface area contributed by atoms with Crippen molar-refractivity contribution in [2.75, 3.05) is 0 Å². The van der Waals surface area contributed by atoms with E-state index in [0.29, 0.717) is 6.61 Å². The lowest BCUT2D eigenvalue weighted by atomic mass is 9.93. The molecule has 4 nitrogen and oxygen atoms in total. The van der Waals surface area contributed by atoms with E-state index in [1.807, 2.05) is 34.6 Å². The number of rotatable bonds is 1. The Morgan fingerprint density at radius 1 is 1.40 bits per heavy atom. The number of hydrogen-bond acceptors (Lipinski definition) is 3. The molecule has 0 aromatic heterocycles. The maximum absolute atomic E-state index is 12.0. The SMILES string of the molecule is Cc1ccc2c(c1)[C@@H](NC(=O)OC(C)(C)C)[C@H](C)OC2. The minimum Gasteiger partial charge on any atom is -0.444 e. The third kappa shape index (κ3) is 3.51. The molecule has 0 saturated heterocycles. The van der Waals surface area contributed by atoms with Crippen LogP contribution in [0.15, 0.2) is 18.2 Å². The van der Waals surface area contributed by atoms with E-state index in [0.717, 1.165) is 11.1 Å². The van der Waals surface area contributed by atoms with Crippen LogP contribution in [0.4, 0.5) is 4.79 Å². The Labute approximate surface area is 120 Å². The average molecular weight is 277 g/mol. The van der Waals surface area contributed by atoms with Crippen molar-refractivity contribution in [2.45, 2.75) is 59.0 Å². The number of ether oxygens (including phenoxy) is 2. The molecular weight excluding hydrogens is 254 g/mol. The molecule has 1 aromatic carbocycles. The summed E-state index contributed by atoms with van der Waals surface area (Å²) in [7, 11) is 0. The third-order valence-corrected chi connectivity index (χ3v) is 3.28. The largest absolute Gasteiger partial charge is 0.444 e. The van der Waals surface area contributed by atoms with Crippen LogP contribution in [0.3, 0.4) is 0 Å². The van der Waals surface area contributed by atoms with E-state index >= 15 is 0 Å². The first-order valence-electron chi connectivity index (χ1n) is 6.97. The Kier molecular flexibility index (Phi) is 4.04. The summed E-state index contributed by atoms with van der Waals surface area (Å²) < 4.78 is 11.0. The van der Waals surface area contributed by atoms with Gasteiger partial charge in [-0.15, -0.1) is 0 Å². The highest BCUT2D eigenvalue weighted by Crippen LogP contribution is 2.30. The molecular formula is C16H23NO3. The lowest BCUT2D eigenvalue weighted by Gasteiger charge is -2.33. The summed E-state index contributed by atoms with van der Waals surface area (Å²) >= 11 is 0. The fraction of sp³-hybridized carbons (Fsp3) is 0.562. The number of nitrogens with one attached hydrogen (secondary N) is 1. The van der Waals surface area contributed by atoms with Crippen molar-refractivity contribution in [2.24, 2.45) is 0 Å². The Hall–Kier alpha value is -1.55. The Bertz CT molecular complexity index is 505. The first kappa shape index (κ1) is 14.9. The van der Waals surface area contributed by atoms with E-state index in [1.165, 1.54) is 5.56 Å². The lowest BCUT2D eigenvalue weighted by Crippen LogP contribution is -2.41. The summed E-state index contributed by atoms with van der Waals surface area (Å²) in [5.41, 5.74) is 2.91. The van der Waals surface area contributed by atoms with Crippen molar-refractivity contribution >= 4 is 6.09 Å². The van der Waals surface area contributed by atoms with Crippen LogP contribution in [0.25, 0.3) is 0 Å². The summed E-state index contributed by atoms with van der Waals surface area (Å²) in [4.78, 5) is 12.0. The number of hydrogen-bond donors (Lipinski definition) is 1. The highest BCUT2D eigenvalue weighted by molar-refractivity contribution is 5.68. The number of aryl methyl sites for hydroxylation is 1. The monoisotopic (exact) mass is 277 g/mol. The molecule has 2 rings (SSSR count). The zero-order valence-corrected chi connectivity index (χ0v) is 12.8. The zero-order valence-electron chi connectivity index (χ0n) is 12.8. The van der Waals surface area contributed by atoms with Crippen molar-refractivity contribution in [1.29, 1.82) is 0 Å². The van der Waals surface area contributed by atoms with Crippen LogP contribution < -0.4 is 5.32 Å². The molecule has 1 N–H and O–H groups in total. The fourth-order valence-electron chi connectivity index (χ4n) is 2.34. The standard InChI is InChI=1S/C16H23NO3/c1-10-6-7-12-9-19-11(2)14(13(12)8-10)17-15(18)20-16(3,4)5/h6-8,11,14H,9H2,1-5H3,(H,17,18)/t11-,14-/m0/s1. The number of benzene rings is 1. The quantitative estimate of drug-likeness (QED) is 0.855. The topological polar surface area (TPSA) is 47.6 Å². The van der Waals surface area contributed by atoms with Crippen LogP contribution in [-0.2, 0) is 16.1 Å². The normalized spacial score (nSPS) is 22.1. The van der Waals surface area contributed by atoms with E-state index in [1.54, 1.807) is 0 Å². The van der Waals surface area contributed by atoms with E-state index in [2.05, 4.69) is 23.5 Å². The van der Waals surface area contributed by atoms with Crippen LogP contribution >= 0.6 is 0 Å². The maximum atomic E-state index is 12.0. The molecule has 1 aliphatic rings. The second kappa shape index (κ2) is 5.44. The predicted octanol–water partition coefficient (Wildman–Crippen LogP) is 3.48. The van der Waals surface area contributed by atoms with Crippen molar-refractivity contribution in [3.8, 4) is 0 Å². The van der Waals surface area contributed by atoms with Crippen molar-refractivity contribution < 1.29 is 14.3 Å². The summed E-state index contributed by atoms with van der Waals surface area (Å²) in [5.74, 6) is 0. The smallest absolute Gasteiger partial charge is 0.408 e. The highest BCUT2D eigenvalue weighted by Gasteiger charge is 2.30. The molecule has 0 aliphatic carbocycles. The third-order valence-electron chi connectivity index (χ3n) is 3.28. The van der Waals surface area contributed by atoms with Crippen LogP contribution in [0.5, 0.6) is 0 Å². The molecule has 110 valence electrons. The van der Waals surface area contributed by atoms with Crippen LogP contribution in [-0.4, -0.2) is 17.8 Å². The predicted molar refractivity (Wildman–Crippen MR) is 77.5 cm³/mol. The van der Waals surface area contributed by atoms with Gasteiger partial charge in [0.05, 0.1) is 18.8 Å². The Morgan fingerprint density at radius 3 is 2.75 bits per heavy atom. The minimum atomic E-state index is -0.502. The molecule has 0 saturated carbocycles.